The Labute approximate surface area is 127 Å². The highest BCUT2D eigenvalue weighted by molar-refractivity contribution is 5.82. The van der Waals surface area contributed by atoms with E-state index in [9.17, 15) is 0 Å². The van der Waals surface area contributed by atoms with Crippen LogP contribution in [0.4, 0.5) is 0 Å². The third kappa shape index (κ3) is 3.55. The molecule has 2 aromatic rings. The van der Waals surface area contributed by atoms with E-state index in [0.717, 1.165) is 13.1 Å². The van der Waals surface area contributed by atoms with Gasteiger partial charge in [0.05, 0.1) is 0 Å². The number of fused-ring (bicyclic) bond motifs is 1. The molecule has 0 aliphatic carbocycles. The molecule has 0 spiro atoms. The molecule has 0 atom stereocenters. The first-order chi connectivity index (χ1) is 10.2. The van der Waals surface area contributed by atoms with Gasteiger partial charge in [-0.05, 0) is 50.6 Å². The van der Waals surface area contributed by atoms with Gasteiger partial charge >= 0.3 is 0 Å². The minimum atomic E-state index is 0.639. The van der Waals surface area contributed by atoms with Crippen molar-refractivity contribution in [1.29, 1.82) is 0 Å². The second-order valence-corrected chi connectivity index (χ2v) is 6.24. The molecule has 2 N–H and O–H groups in total. The van der Waals surface area contributed by atoms with Gasteiger partial charge in [-0.3, -0.25) is 4.90 Å². The van der Waals surface area contributed by atoms with Crippen LogP contribution in [-0.4, -0.2) is 35.6 Å². The van der Waals surface area contributed by atoms with Gasteiger partial charge in [-0.2, -0.15) is 0 Å². The number of aromatic nitrogens is 1. The van der Waals surface area contributed by atoms with Crippen molar-refractivity contribution in [2.24, 2.45) is 0 Å². The predicted octanol–water partition coefficient (Wildman–Crippen LogP) is 3.30. The lowest BCUT2D eigenvalue weighted by atomic mass is 10.0. The Balaban J connectivity index is 1.52. The summed E-state index contributed by atoms with van der Waals surface area (Å²) in [6, 6.07) is 9.29. The standard InChI is InChI=1S/C18H25N3/c1-14(2)13-21-10-7-16(8-11-21)20-12-15-4-3-5-18-17(15)6-9-19-18/h3-6,9,16,19-20H,1,7-8,10-13H2,2H3. The number of hydrogen-bond donors (Lipinski definition) is 2. The highest BCUT2D eigenvalue weighted by Gasteiger charge is 2.18. The van der Waals surface area contributed by atoms with Crippen molar-refractivity contribution in [3.8, 4) is 0 Å². The van der Waals surface area contributed by atoms with Crippen LogP contribution in [-0.2, 0) is 6.54 Å². The molecule has 0 amide bonds. The van der Waals surface area contributed by atoms with Gasteiger partial charge in [-0.1, -0.05) is 24.3 Å². The number of likely N-dealkylation sites (tertiary alicyclic amines) is 1. The van der Waals surface area contributed by atoms with Crippen LogP contribution in [0.3, 0.4) is 0 Å². The minimum Gasteiger partial charge on any atom is -0.361 e. The molecule has 1 saturated heterocycles. The van der Waals surface area contributed by atoms with E-state index in [0.29, 0.717) is 6.04 Å². The fraction of sp³-hybridized carbons (Fsp3) is 0.444. The lowest BCUT2D eigenvalue weighted by molar-refractivity contribution is 0.211. The van der Waals surface area contributed by atoms with Crippen LogP contribution >= 0.6 is 0 Å². The normalized spacial score (nSPS) is 17.4. The Bertz CT molecular complexity index is 606. The topological polar surface area (TPSA) is 31.1 Å². The van der Waals surface area contributed by atoms with E-state index in [2.05, 4.69) is 53.0 Å². The number of benzene rings is 1. The van der Waals surface area contributed by atoms with Crippen molar-refractivity contribution >= 4 is 10.9 Å². The summed E-state index contributed by atoms with van der Waals surface area (Å²) < 4.78 is 0. The van der Waals surface area contributed by atoms with Gasteiger partial charge < -0.3 is 10.3 Å². The molecular weight excluding hydrogens is 258 g/mol. The first kappa shape index (κ1) is 14.4. The number of nitrogens with one attached hydrogen (secondary N) is 2. The zero-order chi connectivity index (χ0) is 14.7. The van der Waals surface area contributed by atoms with Crippen molar-refractivity contribution < 1.29 is 0 Å². The van der Waals surface area contributed by atoms with E-state index in [-0.39, 0.29) is 0 Å². The van der Waals surface area contributed by atoms with Crippen LogP contribution in [0.2, 0.25) is 0 Å². The van der Waals surface area contributed by atoms with Crippen molar-refractivity contribution in [2.75, 3.05) is 19.6 Å². The third-order valence-electron chi connectivity index (χ3n) is 4.35. The molecule has 3 rings (SSSR count). The number of piperidine rings is 1. The summed E-state index contributed by atoms with van der Waals surface area (Å²) >= 11 is 0. The quantitative estimate of drug-likeness (QED) is 0.825. The van der Waals surface area contributed by atoms with Crippen LogP contribution in [0.1, 0.15) is 25.3 Å². The summed E-state index contributed by atoms with van der Waals surface area (Å²) in [5, 5.41) is 5.07. The smallest absolute Gasteiger partial charge is 0.0457 e. The summed E-state index contributed by atoms with van der Waals surface area (Å²) in [5.74, 6) is 0. The van der Waals surface area contributed by atoms with E-state index < -0.39 is 0 Å². The van der Waals surface area contributed by atoms with Crippen molar-refractivity contribution in [3.63, 3.8) is 0 Å². The van der Waals surface area contributed by atoms with Gasteiger partial charge in [0, 0.05) is 36.2 Å². The fourth-order valence-electron chi connectivity index (χ4n) is 3.24. The number of hydrogen-bond acceptors (Lipinski definition) is 2. The van der Waals surface area contributed by atoms with E-state index in [4.69, 9.17) is 0 Å². The largest absolute Gasteiger partial charge is 0.361 e. The number of nitrogens with zero attached hydrogens (tertiary/aromatic N) is 1. The molecule has 1 aromatic heterocycles. The maximum Gasteiger partial charge on any atom is 0.0457 e. The average molecular weight is 283 g/mol. The lowest BCUT2D eigenvalue weighted by Gasteiger charge is -2.32. The molecule has 3 heteroatoms. The number of aromatic amines is 1. The zero-order valence-corrected chi connectivity index (χ0v) is 12.9. The minimum absolute atomic E-state index is 0.639. The maximum atomic E-state index is 4.01. The SMILES string of the molecule is C=C(C)CN1CCC(NCc2cccc3[nH]ccc23)CC1. The van der Waals surface area contributed by atoms with E-state index in [1.54, 1.807) is 0 Å². The Kier molecular flexibility index (Phi) is 4.42. The molecule has 1 aliphatic heterocycles. The molecule has 2 heterocycles. The van der Waals surface area contributed by atoms with Crippen molar-refractivity contribution in [2.45, 2.75) is 32.4 Å². The molecule has 0 bridgehead atoms. The summed E-state index contributed by atoms with van der Waals surface area (Å²) in [4.78, 5) is 5.79. The molecule has 0 radical (unpaired) electrons. The van der Waals surface area contributed by atoms with Gasteiger partial charge in [-0.15, -0.1) is 0 Å². The Hall–Kier alpha value is -1.58. The highest BCUT2D eigenvalue weighted by atomic mass is 15.1. The number of rotatable bonds is 5. The van der Waals surface area contributed by atoms with Crippen LogP contribution in [0.25, 0.3) is 10.9 Å². The monoisotopic (exact) mass is 283 g/mol. The molecule has 1 fully saturated rings. The average Bonchev–Trinajstić information content (AvgIpc) is 2.95. The molecule has 21 heavy (non-hydrogen) atoms. The Morgan fingerprint density at radius 3 is 2.90 bits per heavy atom. The van der Waals surface area contributed by atoms with Crippen LogP contribution < -0.4 is 5.32 Å². The summed E-state index contributed by atoms with van der Waals surface area (Å²) in [6.07, 6.45) is 4.48. The van der Waals surface area contributed by atoms with Gasteiger partial charge in [0.25, 0.3) is 0 Å². The molecule has 112 valence electrons. The molecule has 0 unspecified atom stereocenters. The van der Waals surface area contributed by atoms with Gasteiger partial charge in [-0.25, -0.2) is 0 Å². The highest BCUT2D eigenvalue weighted by Crippen LogP contribution is 2.18. The third-order valence-corrected chi connectivity index (χ3v) is 4.35. The summed E-state index contributed by atoms with van der Waals surface area (Å²) in [5.41, 5.74) is 3.88. The number of H-pyrrole nitrogens is 1. The van der Waals surface area contributed by atoms with E-state index in [1.165, 1.54) is 48.0 Å². The first-order valence-electron chi connectivity index (χ1n) is 7.87. The maximum absolute atomic E-state index is 4.01. The van der Waals surface area contributed by atoms with Crippen LogP contribution in [0.15, 0.2) is 42.6 Å². The molecule has 1 aliphatic rings. The van der Waals surface area contributed by atoms with Crippen LogP contribution in [0.5, 0.6) is 0 Å². The summed E-state index contributed by atoms with van der Waals surface area (Å²) in [6.45, 7) is 10.5. The molecule has 3 nitrogen and oxygen atoms in total. The van der Waals surface area contributed by atoms with Gasteiger partial charge in [0.2, 0.25) is 0 Å². The van der Waals surface area contributed by atoms with Crippen LogP contribution in [0, 0.1) is 0 Å². The first-order valence-corrected chi connectivity index (χ1v) is 7.87. The molecule has 1 aromatic carbocycles. The van der Waals surface area contributed by atoms with E-state index >= 15 is 0 Å². The summed E-state index contributed by atoms with van der Waals surface area (Å²) in [7, 11) is 0. The predicted molar refractivity (Wildman–Crippen MR) is 89.4 cm³/mol. The Morgan fingerprint density at radius 2 is 2.14 bits per heavy atom. The van der Waals surface area contributed by atoms with Crippen molar-refractivity contribution in [1.82, 2.24) is 15.2 Å². The molecule has 0 saturated carbocycles. The van der Waals surface area contributed by atoms with Gasteiger partial charge in [0.15, 0.2) is 0 Å². The second-order valence-electron chi connectivity index (χ2n) is 6.24. The molecular formula is C18H25N3. The lowest BCUT2D eigenvalue weighted by Crippen LogP contribution is -2.42. The van der Waals surface area contributed by atoms with Crippen molar-refractivity contribution in [3.05, 3.63) is 48.2 Å². The van der Waals surface area contributed by atoms with E-state index in [1.807, 2.05) is 6.20 Å². The Morgan fingerprint density at radius 1 is 1.33 bits per heavy atom. The second kappa shape index (κ2) is 6.46. The van der Waals surface area contributed by atoms with Gasteiger partial charge in [0.1, 0.15) is 0 Å². The fourth-order valence-corrected chi connectivity index (χ4v) is 3.24. The zero-order valence-electron chi connectivity index (χ0n) is 12.9.